The Labute approximate surface area is 116 Å². The summed E-state index contributed by atoms with van der Waals surface area (Å²) < 4.78 is 1.19. The summed E-state index contributed by atoms with van der Waals surface area (Å²) in [4.78, 5) is 29.5. The van der Waals surface area contributed by atoms with Crippen LogP contribution in [0.15, 0.2) is 35.4 Å². The molecule has 0 amide bonds. The number of fused-ring (bicyclic) bond motifs is 1. The molecule has 0 saturated heterocycles. The molecule has 0 fully saturated rings. The molecule has 2 aromatic heterocycles. The first-order valence-corrected chi connectivity index (χ1v) is 5.90. The molecule has 0 aliphatic heterocycles. The van der Waals surface area contributed by atoms with Gasteiger partial charge in [-0.2, -0.15) is 5.10 Å². The minimum Gasteiger partial charge on any atom is -0.478 e. The van der Waals surface area contributed by atoms with Gasteiger partial charge in [-0.1, -0.05) is 11.6 Å². The number of nitrogens with one attached hydrogen (secondary N) is 1. The highest BCUT2D eigenvalue weighted by molar-refractivity contribution is 6.31. The van der Waals surface area contributed by atoms with Gasteiger partial charge < -0.3 is 5.11 Å². The number of rotatable bonds is 2. The van der Waals surface area contributed by atoms with Crippen LogP contribution in [0.2, 0.25) is 5.02 Å². The molecule has 8 heteroatoms. The summed E-state index contributed by atoms with van der Waals surface area (Å²) in [6, 6.07) is 4.74. The van der Waals surface area contributed by atoms with E-state index in [1.807, 2.05) is 0 Å². The van der Waals surface area contributed by atoms with Crippen LogP contribution in [-0.4, -0.2) is 30.8 Å². The van der Waals surface area contributed by atoms with Gasteiger partial charge in [-0.3, -0.25) is 9.78 Å². The van der Waals surface area contributed by atoms with Crippen molar-refractivity contribution in [3.63, 3.8) is 0 Å². The Morgan fingerprint density at radius 1 is 1.40 bits per heavy atom. The Balaban J connectivity index is 2.19. The van der Waals surface area contributed by atoms with E-state index in [2.05, 4.69) is 15.1 Å². The molecule has 0 aliphatic carbocycles. The summed E-state index contributed by atoms with van der Waals surface area (Å²) >= 11 is 5.82. The van der Waals surface area contributed by atoms with Gasteiger partial charge in [-0.15, -0.1) is 0 Å². The quantitative estimate of drug-likeness (QED) is 0.744. The lowest BCUT2D eigenvalue weighted by Gasteiger charge is -2.02. The number of carboxylic acid groups (broad SMARTS) is 1. The van der Waals surface area contributed by atoms with Crippen LogP contribution in [0, 0.1) is 0 Å². The molecule has 0 atom stereocenters. The van der Waals surface area contributed by atoms with Crippen molar-refractivity contribution in [1.29, 1.82) is 0 Å². The molecule has 0 saturated carbocycles. The van der Waals surface area contributed by atoms with Crippen molar-refractivity contribution >= 4 is 28.5 Å². The van der Waals surface area contributed by atoms with E-state index in [1.165, 1.54) is 23.1 Å². The summed E-state index contributed by atoms with van der Waals surface area (Å²) in [6.07, 6.45) is 2.44. The molecule has 3 rings (SSSR count). The van der Waals surface area contributed by atoms with E-state index in [0.29, 0.717) is 15.9 Å². The topological polar surface area (TPSA) is 101 Å². The lowest BCUT2D eigenvalue weighted by Crippen LogP contribution is -2.13. The number of carbonyl (C=O) groups is 1. The smallest absolute Gasteiger partial charge is 0.338 e. The highest BCUT2D eigenvalue weighted by Gasteiger charge is 2.10. The minimum atomic E-state index is -1.11. The number of carboxylic acids is 1. The molecular formula is C12H7ClN4O3. The van der Waals surface area contributed by atoms with Crippen molar-refractivity contribution in [3.05, 3.63) is 51.5 Å². The van der Waals surface area contributed by atoms with Crippen LogP contribution < -0.4 is 5.56 Å². The second kappa shape index (κ2) is 4.46. The van der Waals surface area contributed by atoms with E-state index in [1.54, 1.807) is 12.1 Å². The molecule has 7 nitrogen and oxygen atoms in total. The van der Waals surface area contributed by atoms with Crippen molar-refractivity contribution in [1.82, 2.24) is 19.7 Å². The van der Waals surface area contributed by atoms with Gasteiger partial charge in [0, 0.05) is 11.2 Å². The molecule has 100 valence electrons. The van der Waals surface area contributed by atoms with Gasteiger partial charge >= 0.3 is 5.97 Å². The normalized spacial score (nSPS) is 10.8. The minimum absolute atomic E-state index is 0.00357. The summed E-state index contributed by atoms with van der Waals surface area (Å²) in [5.74, 6) is -0.969. The number of hydrogen-bond donors (Lipinski definition) is 2. The zero-order chi connectivity index (χ0) is 14.3. The highest BCUT2D eigenvalue weighted by Crippen LogP contribution is 2.15. The van der Waals surface area contributed by atoms with Crippen molar-refractivity contribution in [2.75, 3.05) is 0 Å². The second-order valence-corrected chi connectivity index (χ2v) is 4.47. The Bertz CT molecular complexity index is 884. The van der Waals surface area contributed by atoms with E-state index in [-0.39, 0.29) is 17.1 Å². The summed E-state index contributed by atoms with van der Waals surface area (Å²) in [7, 11) is 0. The first kappa shape index (κ1) is 12.4. The molecule has 2 N–H and O–H groups in total. The van der Waals surface area contributed by atoms with Gasteiger partial charge in [-0.25, -0.2) is 14.5 Å². The predicted molar refractivity (Wildman–Crippen MR) is 71.5 cm³/mol. The number of benzene rings is 1. The van der Waals surface area contributed by atoms with Gasteiger partial charge in [0.1, 0.15) is 0 Å². The van der Waals surface area contributed by atoms with Crippen LogP contribution in [-0.2, 0) is 0 Å². The number of aromatic carboxylic acids is 1. The number of H-pyrrole nitrogens is 1. The zero-order valence-electron chi connectivity index (χ0n) is 9.87. The molecular weight excluding hydrogens is 284 g/mol. The van der Waals surface area contributed by atoms with Crippen LogP contribution in [0.5, 0.6) is 0 Å². The first-order valence-electron chi connectivity index (χ1n) is 5.52. The third-order valence-electron chi connectivity index (χ3n) is 2.70. The van der Waals surface area contributed by atoms with E-state index >= 15 is 0 Å². The van der Waals surface area contributed by atoms with Crippen molar-refractivity contribution in [2.24, 2.45) is 0 Å². The lowest BCUT2D eigenvalue weighted by molar-refractivity contribution is 0.0697. The van der Waals surface area contributed by atoms with Gasteiger partial charge in [0.2, 0.25) is 5.95 Å². The highest BCUT2D eigenvalue weighted by atomic mass is 35.5. The third kappa shape index (κ3) is 2.04. The standard InChI is InChI=1S/C12H7ClN4O3/c13-7-1-2-9-8(3-7)10(18)16-12(15-9)17-5-6(4-14-17)11(19)20/h1-5H,(H,19,20)(H,15,16,18). The molecule has 0 bridgehead atoms. The van der Waals surface area contributed by atoms with Crippen LogP contribution in [0.3, 0.4) is 0 Å². The Kier molecular flexibility index (Phi) is 2.76. The van der Waals surface area contributed by atoms with E-state index in [0.717, 1.165) is 0 Å². The van der Waals surface area contributed by atoms with Gasteiger partial charge in [-0.05, 0) is 18.2 Å². The SMILES string of the molecule is O=C(O)c1cnn(-c2nc3ccc(Cl)cc3c(=O)[nH]2)c1. The van der Waals surface area contributed by atoms with Crippen molar-refractivity contribution < 1.29 is 9.90 Å². The fourth-order valence-corrected chi connectivity index (χ4v) is 1.93. The average Bonchev–Trinajstić information content (AvgIpc) is 2.89. The summed E-state index contributed by atoms with van der Waals surface area (Å²) in [5, 5.41) is 13.5. The molecule has 2 heterocycles. The van der Waals surface area contributed by atoms with Crippen LogP contribution in [0.4, 0.5) is 0 Å². The lowest BCUT2D eigenvalue weighted by atomic mass is 10.2. The van der Waals surface area contributed by atoms with Gasteiger partial charge in [0.25, 0.3) is 5.56 Å². The van der Waals surface area contributed by atoms with Crippen LogP contribution in [0.1, 0.15) is 10.4 Å². The predicted octanol–water partition coefficient (Wildman–Crippen LogP) is 1.46. The summed E-state index contributed by atoms with van der Waals surface area (Å²) in [6.45, 7) is 0. The molecule has 0 aliphatic rings. The Hall–Kier alpha value is -2.67. The third-order valence-corrected chi connectivity index (χ3v) is 2.94. The van der Waals surface area contributed by atoms with Gasteiger partial charge in [0.15, 0.2) is 0 Å². The van der Waals surface area contributed by atoms with Crippen LogP contribution in [0.25, 0.3) is 16.9 Å². The molecule has 0 spiro atoms. The average molecular weight is 291 g/mol. The molecule has 0 radical (unpaired) electrons. The molecule has 3 aromatic rings. The molecule has 1 aromatic carbocycles. The second-order valence-electron chi connectivity index (χ2n) is 4.03. The number of hydrogen-bond acceptors (Lipinski definition) is 4. The van der Waals surface area contributed by atoms with E-state index in [9.17, 15) is 9.59 Å². The Morgan fingerprint density at radius 3 is 2.90 bits per heavy atom. The maximum Gasteiger partial charge on any atom is 0.338 e. The number of aromatic nitrogens is 4. The zero-order valence-corrected chi connectivity index (χ0v) is 10.6. The first-order chi connectivity index (χ1) is 9.54. The maximum atomic E-state index is 12.0. The Morgan fingerprint density at radius 2 is 2.20 bits per heavy atom. The monoisotopic (exact) mass is 290 g/mol. The largest absolute Gasteiger partial charge is 0.478 e. The molecule has 0 unspecified atom stereocenters. The van der Waals surface area contributed by atoms with E-state index in [4.69, 9.17) is 16.7 Å². The summed E-state index contributed by atoms with van der Waals surface area (Å²) in [5.41, 5.74) is 0.0734. The van der Waals surface area contributed by atoms with Crippen molar-refractivity contribution in [3.8, 4) is 5.95 Å². The fourth-order valence-electron chi connectivity index (χ4n) is 1.76. The van der Waals surface area contributed by atoms with Crippen LogP contribution >= 0.6 is 11.6 Å². The van der Waals surface area contributed by atoms with Crippen molar-refractivity contribution in [2.45, 2.75) is 0 Å². The van der Waals surface area contributed by atoms with E-state index < -0.39 is 5.97 Å². The maximum absolute atomic E-state index is 12.0. The van der Waals surface area contributed by atoms with Gasteiger partial charge in [0.05, 0.1) is 22.7 Å². The number of nitrogens with zero attached hydrogens (tertiary/aromatic N) is 3. The molecule has 20 heavy (non-hydrogen) atoms. The number of aromatic amines is 1. The fraction of sp³-hybridized carbons (Fsp3) is 0. The number of halogens is 1.